The maximum Gasteiger partial charge on any atom is 0.416 e. The van der Waals surface area contributed by atoms with Gasteiger partial charge in [-0.05, 0) is 67.1 Å². The van der Waals surface area contributed by atoms with Gasteiger partial charge in [0.1, 0.15) is 5.25 Å². The van der Waals surface area contributed by atoms with Crippen molar-refractivity contribution in [2.24, 2.45) is 5.92 Å². The lowest BCUT2D eigenvalue weighted by molar-refractivity contribution is -0.137. The molecule has 0 unspecified atom stereocenters. The van der Waals surface area contributed by atoms with Crippen molar-refractivity contribution in [1.29, 1.82) is 0 Å². The largest absolute Gasteiger partial charge is 0.490 e. The van der Waals surface area contributed by atoms with E-state index >= 15 is 0 Å². The number of ether oxygens (including phenoxy) is 2. The summed E-state index contributed by atoms with van der Waals surface area (Å²) in [5.74, 6) is -3.15. The molecular weight excluding hydrogens is 667 g/mol. The van der Waals surface area contributed by atoms with E-state index in [1.54, 1.807) is 49.4 Å². The minimum Gasteiger partial charge on any atom is -0.490 e. The number of amides is 3. The molecule has 3 amide bonds. The van der Waals surface area contributed by atoms with Crippen LogP contribution in [0.5, 0.6) is 11.5 Å². The van der Waals surface area contributed by atoms with Crippen LogP contribution >= 0.6 is 34.7 Å². The number of benzene rings is 3. The monoisotopic (exact) mass is 689 g/mol. The summed E-state index contributed by atoms with van der Waals surface area (Å²) in [6.07, 6.45) is -4.68. The summed E-state index contributed by atoms with van der Waals surface area (Å²) in [6, 6.07) is 15.4. The van der Waals surface area contributed by atoms with E-state index < -0.39 is 46.5 Å². The molecule has 0 spiro atoms. The Bertz CT molecular complexity index is 1900. The third-order valence-corrected chi connectivity index (χ3v) is 10.0. The molecule has 0 aliphatic carbocycles. The minimum absolute atomic E-state index is 0.189. The number of halogens is 4. The molecule has 2 aliphatic heterocycles. The maximum absolute atomic E-state index is 14.0. The van der Waals surface area contributed by atoms with Gasteiger partial charge < -0.3 is 19.8 Å². The van der Waals surface area contributed by atoms with Crippen LogP contribution in [-0.2, 0) is 20.6 Å². The number of carbonyl (C=O) groups is 3. The number of H-pyrrole nitrogens is 1. The fourth-order valence-electron chi connectivity index (χ4n) is 5.43. The Morgan fingerprint density at radius 2 is 1.76 bits per heavy atom. The van der Waals surface area contributed by atoms with Gasteiger partial charge in [0.2, 0.25) is 11.8 Å². The van der Waals surface area contributed by atoms with Crippen LogP contribution in [0.1, 0.15) is 28.8 Å². The van der Waals surface area contributed by atoms with Gasteiger partial charge in [0.15, 0.2) is 18.1 Å². The lowest BCUT2D eigenvalue weighted by Gasteiger charge is -2.30. The van der Waals surface area contributed by atoms with E-state index in [2.05, 4.69) is 10.3 Å². The minimum atomic E-state index is -4.68. The van der Waals surface area contributed by atoms with E-state index in [-0.39, 0.29) is 35.3 Å². The Balaban J connectivity index is 1.32. The van der Waals surface area contributed by atoms with Crippen molar-refractivity contribution < 1.29 is 37.0 Å². The molecule has 15 heteroatoms. The predicted molar refractivity (Wildman–Crippen MR) is 167 cm³/mol. The SMILES string of the molecule is CCOc1cc([C@@H]2c3sc(=O)[nH]c3S[C@H]3C(=O)N(c4cccc(C(F)(F)F)c4)C(=O)[C@@H]23)ccc1OCC(=O)Nc1ccc(Cl)cc1. The van der Waals surface area contributed by atoms with Crippen LogP contribution in [0.3, 0.4) is 0 Å². The van der Waals surface area contributed by atoms with E-state index in [0.717, 1.165) is 46.2 Å². The Morgan fingerprint density at radius 1 is 1.00 bits per heavy atom. The molecule has 1 aromatic heterocycles. The summed E-state index contributed by atoms with van der Waals surface area (Å²) in [5.41, 5.74) is -0.141. The number of carbonyl (C=O) groups excluding carboxylic acids is 3. The molecule has 1 saturated heterocycles. The van der Waals surface area contributed by atoms with Gasteiger partial charge in [0, 0.05) is 21.5 Å². The highest BCUT2D eigenvalue weighted by Gasteiger charge is 2.56. The fourth-order valence-corrected chi connectivity index (χ4v) is 8.07. The molecule has 2 aliphatic rings. The average molecular weight is 690 g/mol. The second-order valence-corrected chi connectivity index (χ2v) is 12.9. The normalized spacial score (nSPS) is 19.1. The molecule has 0 saturated carbocycles. The Kier molecular flexibility index (Phi) is 8.61. The maximum atomic E-state index is 14.0. The lowest BCUT2D eigenvalue weighted by atomic mass is 9.83. The molecule has 6 rings (SSSR count). The van der Waals surface area contributed by atoms with E-state index in [0.29, 0.717) is 26.2 Å². The summed E-state index contributed by atoms with van der Waals surface area (Å²) in [6.45, 7) is 1.63. The molecule has 238 valence electrons. The zero-order valence-corrected chi connectivity index (χ0v) is 26.1. The predicted octanol–water partition coefficient (Wildman–Crippen LogP) is 6.32. The first-order valence-electron chi connectivity index (χ1n) is 13.8. The average Bonchev–Trinajstić information content (AvgIpc) is 3.51. The Morgan fingerprint density at radius 3 is 2.48 bits per heavy atom. The first-order chi connectivity index (χ1) is 21.9. The Hall–Kier alpha value is -4.27. The summed E-state index contributed by atoms with van der Waals surface area (Å²) < 4.78 is 52.0. The number of nitrogens with one attached hydrogen (secondary N) is 2. The number of fused-ring (bicyclic) bond motifs is 2. The highest BCUT2D eigenvalue weighted by Crippen LogP contribution is 2.54. The number of hydrogen-bond donors (Lipinski definition) is 2. The van der Waals surface area contributed by atoms with Gasteiger partial charge in [-0.3, -0.25) is 19.2 Å². The van der Waals surface area contributed by atoms with Crippen LogP contribution < -0.4 is 24.6 Å². The molecule has 2 N–H and O–H groups in total. The molecule has 4 aromatic rings. The third kappa shape index (κ3) is 6.11. The first-order valence-corrected chi connectivity index (χ1v) is 15.9. The lowest BCUT2D eigenvalue weighted by Crippen LogP contribution is -2.32. The number of aromatic amines is 1. The fraction of sp³-hybridized carbons (Fsp3) is 0.226. The summed E-state index contributed by atoms with van der Waals surface area (Å²) in [5, 5.41) is 2.62. The third-order valence-electron chi connectivity index (χ3n) is 7.37. The van der Waals surface area contributed by atoms with Crippen LogP contribution in [0.2, 0.25) is 5.02 Å². The van der Waals surface area contributed by atoms with Crippen molar-refractivity contribution >= 4 is 63.8 Å². The van der Waals surface area contributed by atoms with E-state index in [4.69, 9.17) is 21.1 Å². The number of alkyl halides is 3. The van der Waals surface area contributed by atoms with Gasteiger partial charge in [-0.1, -0.05) is 46.8 Å². The first kappa shape index (κ1) is 31.7. The molecule has 9 nitrogen and oxygen atoms in total. The number of imide groups is 1. The molecule has 1 fully saturated rings. The zero-order chi connectivity index (χ0) is 32.7. The Labute approximate surface area is 272 Å². The van der Waals surface area contributed by atoms with Crippen molar-refractivity contribution in [3.8, 4) is 11.5 Å². The number of nitrogens with zero attached hydrogens (tertiary/aromatic N) is 1. The summed E-state index contributed by atoms with van der Waals surface area (Å²) >= 11 is 7.79. The second-order valence-electron chi connectivity index (χ2n) is 10.3. The van der Waals surface area contributed by atoms with Crippen LogP contribution in [-0.4, -0.2) is 41.2 Å². The van der Waals surface area contributed by atoms with Crippen LogP contribution in [0.4, 0.5) is 24.5 Å². The van der Waals surface area contributed by atoms with Gasteiger partial charge in [-0.25, -0.2) is 4.90 Å². The highest BCUT2D eigenvalue weighted by atomic mass is 35.5. The molecule has 0 bridgehead atoms. The van der Waals surface area contributed by atoms with E-state index in [1.807, 2.05) is 0 Å². The number of hydrogen-bond acceptors (Lipinski definition) is 8. The highest BCUT2D eigenvalue weighted by molar-refractivity contribution is 8.00. The van der Waals surface area contributed by atoms with Gasteiger partial charge in [0.05, 0.1) is 28.8 Å². The van der Waals surface area contributed by atoms with Crippen molar-refractivity contribution in [1.82, 2.24) is 4.98 Å². The molecular formula is C31H23ClF3N3O6S2. The number of anilines is 2. The van der Waals surface area contributed by atoms with E-state index in [9.17, 15) is 32.3 Å². The topological polar surface area (TPSA) is 118 Å². The van der Waals surface area contributed by atoms with Crippen molar-refractivity contribution in [3.63, 3.8) is 0 Å². The quantitative estimate of drug-likeness (QED) is 0.208. The van der Waals surface area contributed by atoms with Crippen LogP contribution in [0.15, 0.2) is 76.6 Å². The zero-order valence-electron chi connectivity index (χ0n) is 23.7. The van der Waals surface area contributed by atoms with Crippen LogP contribution in [0, 0.1) is 5.92 Å². The smallest absolute Gasteiger partial charge is 0.416 e. The molecule has 3 aromatic carbocycles. The second kappa shape index (κ2) is 12.5. The van der Waals surface area contributed by atoms with Gasteiger partial charge in [-0.2, -0.15) is 13.2 Å². The van der Waals surface area contributed by atoms with Crippen molar-refractivity contribution in [2.75, 3.05) is 23.4 Å². The number of thioether (sulfide) groups is 1. The van der Waals surface area contributed by atoms with Crippen molar-refractivity contribution in [2.45, 2.75) is 29.3 Å². The molecule has 3 heterocycles. The van der Waals surface area contributed by atoms with Crippen LogP contribution in [0.25, 0.3) is 0 Å². The van der Waals surface area contributed by atoms with Gasteiger partial charge in [-0.15, -0.1) is 0 Å². The summed E-state index contributed by atoms with van der Waals surface area (Å²) in [4.78, 5) is 56.2. The van der Waals surface area contributed by atoms with E-state index in [1.165, 1.54) is 6.07 Å². The number of aromatic nitrogens is 1. The van der Waals surface area contributed by atoms with Crippen molar-refractivity contribution in [3.05, 3.63) is 97.4 Å². The number of thiazole rings is 1. The summed E-state index contributed by atoms with van der Waals surface area (Å²) in [7, 11) is 0. The molecule has 46 heavy (non-hydrogen) atoms. The molecule has 0 radical (unpaired) electrons. The van der Waals surface area contributed by atoms with Gasteiger partial charge in [0.25, 0.3) is 5.91 Å². The number of rotatable bonds is 8. The van der Waals surface area contributed by atoms with Gasteiger partial charge >= 0.3 is 11.0 Å². The standard InChI is InChI=1S/C31H23ClF3N3O6S2/c1-2-43-21-12-15(6-11-20(21)44-14-22(39)36-18-9-7-17(32)8-10-18)23-24-26(45-27-25(23)46-30(42)37-27)29(41)38(28(24)40)19-5-3-4-16(13-19)31(33,34)35/h3-13,23-24,26H,2,14H2,1H3,(H,36,39)(H,37,42)/t23-,24-,26+/m0/s1. The molecule has 3 atom stereocenters.